The molecule has 1 aliphatic rings. The molecule has 1 aromatic rings. The maximum absolute atomic E-state index is 11.9. The normalized spacial score (nSPS) is 18.5. The van der Waals surface area contributed by atoms with Crippen molar-refractivity contribution in [1.29, 1.82) is 0 Å². The van der Waals surface area contributed by atoms with E-state index in [4.69, 9.17) is 0 Å². The topological polar surface area (TPSA) is 70.2 Å². The summed E-state index contributed by atoms with van der Waals surface area (Å²) in [6.45, 7) is 4.80. The quantitative estimate of drug-likeness (QED) is 0.783. The molecule has 1 aromatic carbocycles. The Labute approximate surface area is 131 Å². The number of carbonyl (C=O) groups excluding carboxylic acids is 2. The van der Waals surface area contributed by atoms with Crippen molar-refractivity contribution in [2.75, 3.05) is 17.2 Å². The summed E-state index contributed by atoms with van der Waals surface area (Å²) < 4.78 is 0. The van der Waals surface area contributed by atoms with Gasteiger partial charge in [0.2, 0.25) is 11.8 Å². The molecule has 1 aliphatic heterocycles. The highest BCUT2D eigenvalue weighted by molar-refractivity contribution is 5.91. The number of amides is 2. The number of hydrogen-bond donors (Lipinski definition) is 3. The molecule has 1 heterocycles. The van der Waals surface area contributed by atoms with Crippen molar-refractivity contribution in [3.63, 3.8) is 0 Å². The van der Waals surface area contributed by atoms with Crippen LogP contribution in [0.15, 0.2) is 24.3 Å². The first kappa shape index (κ1) is 16.3. The van der Waals surface area contributed by atoms with Gasteiger partial charge in [0.1, 0.15) is 6.04 Å². The number of hydrogen-bond acceptors (Lipinski definition) is 3. The van der Waals surface area contributed by atoms with E-state index in [1.165, 1.54) is 0 Å². The first-order valence-corrected chi connectivity index (χ1v) is 7.99. The molecule has 0 aromatic heterocycles. The van der Waals surface area contributed by atoms with Crippen LogP contribution in [0.5, 0.6) is 0 Å². The Kier molecular flexibility index (Phi) is 5.81. The molecule has 1 fully saturated rings. The minimum Gasteiger partial charge on any atom is -0.374 e. The molecular formula is C17H25N3O2. The van der Waals surface area contributed by atoms with Gasteiger partial charge in [-0.05, 0) is 49.4 Å². The average molecular weight is 303 g/mol. The Morgan fingerprint density at radius 2 is 1.91 bits per heavy atom. The molecule has 0 aliphatic carbocycles. The molecule has 1 saturated heterocycles. The number of rotatable bonds is 5. The lowest BCUT2D eigenvalue weighted by Gasteiger charge is -2.17. The largest absolute Gasteiger partial charge is 0.374 e. The molecule has 5 nitrogen and oxygen atoms in total. The predicted molar refractivity (Wildman–Crippen MR) is 88.8 cm³/mol. The highest BCUT2D eigenvalue weighted by Gasteiger charge is 2.20. The molecular weight excluding hydrogens is 278 g/mol. The lowest BCUT2D eigenvalue weighted by molar-refractivity contribution is -0.121. The zero-order valence-corrected chi connectivity index (χ0v) is 13.3. The third kappa shape index (κ3) is 5.06. The number of carbonyl (C=O) groups is 2. The van der Waals surface area contributed by atoms with Gasteiger partial charge in [-0.3, -0.25) is 9.59 Å². The lowest BCUT2D eigenvalue weighted by Crippen LogP contribution is -2.37. The Morgan fingerprint density at radius 3 is 2.59 bits per heavy atom. The van der Waals surface area contributed by atoms with E-state index in [0.717, 1.165) is 37.2 Å². The summed E-state index contributed by atoms with van der Waals surface area (Å²) in [6, 6.07) is 7.32. The van der Waals surface area contributed by atoms with Crippen molar-refractivity contribution in [2.24, 2.45) is 5.92 Å². The molecule has 0 spiro atoms. The Hall–Kier alpha value is -2.04. The highest BCUT2D eigenvalue weighted by Crippen LogP contribution is 2.17. The molecule has 0 bridgehead atoms. The van der Waals surface area contributed by atoms with Crippen molar-refractivity contribution < 1.29 is 9.59 Å². The smallest absolute Gasteiger partial charge is 0.242 e. The van der Waals surface area contributed by atoms with Gasteiger partial charge in [0.05, 0.1) is 0 Å². The summed E-state index contributed by atoms with van der Waals surface area (Å²) in [4.78, 5) is 23.6. The Morgan fingerprint density at radius 1 is 1.23 bits per heavy atom. The first-order valence-electron chi connectivity index (χ1n) is 7.99. The number of anilines is 2. The molecule has 22 heavy (non-hydrogen) atoms. The minimum atomic E-state index is -0.177. The van der Waals surface area contributed by atoms with Crippen LogP contribution in [0.25, 0.3) is 0 Å². The van der Waals surface area contributed by atoms with E-state index in [9.17, 15) is 9.59 Å². The van der Waals surface area contributed by atoms with Gasteiger partial charge < -0.3 is 16.0 Å². The van der Waals surface area contributed by atoms with Crippen molar-refractivity contribution >= 4 is 23.2 Å². The minimum absolute atomic E-state index is 0.0267. The fourth-order valence-corrected chi connectivity index (χ4v) is 2.51. The van der Waals surface area contributed by atoms with Crippen LogP contribution < -0.4 is 16.0 Å². The van der Waals surface area contributed by atoms with E-state index in [0.29, 0.717) is 12.3 Å². The van der Waals surface area contributed by atoms with Crippen LogP contribution in [0, 0.1) is 5.92 Å². The van der Waals surface area contributed by atoms with Crippen LogP contribution >= 0.6 is 0 Å². The Balaban J connectivity index is 1.91. The summed E-state index contributed by atoms with van der Waals surface area (Å²) >= 11 is 0. The summed E-state index contributed by atoms with van der Waals surface area (Å²) in [5.41, 5.74) is 1.67. The van der Waals surface area contributed by atoms with Gasteiger partial charge in [0, 0.05) is 24.3 Å². The predicted octanol–water partition coefficient (Wildman–Crippen LogP) is 2.75. The fourth-order valence-electron chi connectivity index (χ4n) is 2.51. The van der Waals surface area contributed by atoms with Gasteiger partial charge in [-0.15, -0.1) is 0 Å². The molecule has 5 heteroatoms. The van der Waals surface area contributed by atoms with Crippen molar-refractivity contribution in [2.45, 2.75) is 45.6 Å². The monoisotopic (exact) mass is 303 g/mol. The average Bonchev–Trinajstić information content (AvgIpc) is 2.65. The van der Waals surface area contributed by atoms with E-state index < -0.39 is 0 Å². The van der Waals surface area contributed by atoms with E-state index in [1.54, 1.807) is 0 Å². The molecule has 1 unspecified atom stereocenters. The summed E-state index contributed by atoms with van der Waals surface area (Å²) in [7, 11) is 0. The molecule has 2 amide bonds. The van der Waals surface area contributed by atoms with Gasteiger partial charge in [0.15, 0.2) is 0 Å². The maximum Gasteiger partial charge on any atom is 0.242 e. The van der Waals surface area contributed by atoms with Crippen molar-refractivity contribution in [3.05, 3.63) is 24.3 Å². The summed E-state index contributed by atoms with van der Waals surface area (Å²) in [5, 5.41) is 9.05. The second kappa shape index (κ2) is 7.82. The van der Waals surface area contributed by atoms with Crippen molar-refractivity contribution in [3.8, 4) is 0 Å². The van der Waals surface area contributed by atoms with Crippen molar-refractivity contribution in [1.82, 2.24) is 5.32 Å². The van der Waals surface area contributed by atoms with Crippen LogP contribution in [-0.2, 0) is 9.59 Å². The third-order valence-corrected chi connectivity index (χ3v) is 3.64. The molecule has 3 N–H and O–H groups in total. The Bertz CT molecular complexity index is 511. The van der Waals surface area contributed by atoms with Crippen LogP contribution in [-0.4, -0.2) is 24.4 Å². The highest BCUT2D eigenvalue weighted by atomic mass is 16.2. The first-order chi connectivity index (χ1) is 10.5. The lowest BCUT2D eigenvalue weighted by atomic mass is 10.1. The zero-order valence-electron chi connectivity index (χ0n) is 13.3. The zero-order chi connectivity index (χ0) is 15.9. The standard InChI is InChI=1S/C17H25N3O2/c1-12(2)11-16(21)20-14-8-6-13(7-9-14)19-15-5-3-4-10-18-17(15)22/h6-9,12,15,19H,3-5,10-11H2,1-2H3,(H,18,22)(H,20,21). The fraction of sp³-hybridized carbons (Fsp3) is 0.529. The van der Waals surface area contributed by atoms with Crippen LogP contribution in [0.4, 0.5) is 11.4 Å². The number of benzene rings is 1. The van der Waals surface area contributed by atoms with Crippen LogP contribution in [0.1, 0.15) is 39.5 Å². The molecule has 120 valence electrons. The third-order valence-electron chi connectivity index (χ3n) is 3.64. The second-order valence-electron chi connectivity index (χ2n) is 6.21. The van der Waals surface area contributed by atoms with Gasteiger partial charge >= 0.3 is 0 Å². The molecule has 2 rings (SSSR count). The summed E-state index contributed by atoms with van der Waals surface area (Å²) in [5.74, 6) is 0.431. The van der Waals surface area contributed by atoms with Crippen LogP contribution in [0.2, 0.25) is 0 Å². The second-order valence-corrected chi connectivity index (χ2v) is 6.21. The van der Waals surface area contributed by atoms with Gasteiger partial charge in [0.25, 0.3) is 0 Å². The van der Waals surface area contributed by atoms with Gasteiger partial charge in [-0.2, -0.15) is 0 Å². The van der Waals surface area contributed by atoms with E-state index >= 15 is 0 Å². The summed E-state index contributed by atoms with van der Waals surface area (Å²) in [6.07, 6.45) is 3.44. The van der Waals surface area contributed by atoms with E-state index in [2.05, 4.69) is 16.0 Å². The SMILES string of the molecule is CC(C)CC(=O)Nc1ccc(NC2CCCCNC2=O)cc1. The number of nitrogens with one attached hydrogen (secondary N) is 3. The maximum atomic E-state index is 11.9. The van der Waals surface area contributed by atoms with E-state index in [1.807, 2.05) is 38.1 Å². The molecule has 0 saturated carbocycles. The van der Waals surface area contributed by atoms with E-state index in [-0.39, 0.29) is 17.9 Å². The van der Waals surface area contributed by atoms with Crippen LogP contribution in [0.3, 0.4) is 0 Å². The van der Waals surface area contributed by atoms with Gasteiger partial charge in [-0.1, -0.05) is 13.8 Å². The van der Waals surface area contributed by atoms with Gasteiger partial charge in [-0.25, -0.2) is 0 Å². The molecule has 1 atom stereocenters. The molecule has 0 radical (unpaired) electrons.